The van der Waals surface area contributed by atoms with E-state index in [4.69, 9.17) is 5.73 Å². The van der Waals surface area contributed by atoms with Crippen LogP contribution in [0.5, 0.6) is 0 Å². The first-order valence-electron chi connectivity index (χ1n) is 5.96. The number of rotatable bonds is 1. The number of aromatic nitrogens is 1. The number of anilines is 2. The van der Waals surface area contributed by atoms with Crippen LogP contribution in [-0.2, 0) is 0 Å². The molecule has 2 heterocycles. The zero-order chi connectivity index (χ0) is 11.8. The van der Waals surface area contributed by atoms with Crippen molar-refractivity contribution in [2.24, 2.45) is 5.41 Å². The van der Waals surface area contributed by atoms with Gasteiger partial charge in [-0.05, 0) is 36.8 Å². The van der Waals surface area contributed by atoms with Crippen molar-refractivity contribution < 1.29 is 0 Å². The number of piperidine rings is 1. The molecule has 3 nitrogen and oxygen atoms in total. The number of nitrogen functional groups attached to an aromatic ring is 1. The van der Waals surface area contributed by atoms with Crippen molar-refractivity contribution in [3.05, 3.63) is 17.8 Å². The zero-order valence-corrected chi connectivity index (χ0v) is 10.5. The third kappa shape index (κ3) is 2.13. The Morgan fingerprint density at radius 2 is 2.19 bits per heavy atom. The van der Waals surface area contributed by atoms with Gasteiger partial charge in [-0.15, -0.1) is 0 Å². The Morgan fingerprint density at radius 1 is 1.44 bits per heavy atom. The summed E-state index contributed by atoms with van der Waals surface area (Å²) < 4.78 is 0. The molecule has 2 rings (SSSR count). The molecule has 1 aliphatic rings. The average molecular weight is 219 g/mol. The van der Waals surface area contributed by atoms with Crippen molar-refractivity contribution >= 4 is 11.5 Å². The fourth-order valence-electron chi connectivity index (χ4n) is 2.41. The summed E-state index contributed by atoms with van der Waals surface area (Å²) in [7, 11) is 0. The predicted octanol–water partition coefficient (Wildman–Crippen LogP) is 2.60. The first kappa shape index (κ1) is 11.2. The maximum Gasteiger partial charge on any atom is 0.152 e. The van der Waals surface area contributed by atoms with E-state index in [1.165, 1.54) is 12.8 Å². The number of hydrogen-bond acceptors (Lipinski definition) is 3. The van der Waals surface area contributed by atoms with E-state index in [1.54, 1.807) is 0 Å². The molecule has 16 heavy (non-hydrogen) atoms. The Bertz CT molecular complexity index is 385. The molecule has 0 aliphatic carbocycles. The first-order valence-corrected chi connectivity index (χ1v) is 5.96. The van der Waals surface area contributed by atoms with Gasteiger partial charge >= 0.3 is 0 Å². The fraction of sp³-hybridized carbons (Fsp3) is 0.615. The molecule has 0 aromatic carbocycles. The van der Waals surface area contributed by atoms with Crippen LogP contribution in [0.3, 0.4) is 0 Å². The van der Waals surface area contributed by atoms with Crippen molar-refractivity contribution in [3.63, 3.8) is 0 Å². The Labute approximate surface area is 97.7 Å². The summed E-state index contributed by atoms with van der Waals surface area (Å²) >= 11 is 0. The van der Waals surface area contributed by atoms with E-state index in [0.29, 0.717) is 5.41 Å². The van der Waals surface area contributed by atoms with E-state index in [9.17, 15) is 0 Å². The Kier molecular flexibility index (Phi) is 2.78. The second-order valence-electron chi connectivity index (χ2n) is 5.55. The molecule has 1 aromatic heterocycles. The third-order valence-electron chi connectivity index (χ3n) is 3.39. The smallest absolute Gasteiger partial charge is 0.152 e. The van der Waals surface area contributed by atoms with Crippen molar-refractivity contribution in [1.82, 2.24) is 4.98 Å². The molecule has 0 spiro atoms. The summed E-state index contributed by atoms with van der Waals surface area (Å²) in [6, 6.07) is 1.97. The van der Waals surface area contributed by atoms with Crippen LogP contribution < -0.4 is 10.6 Å². The molecule has 0 atom stereocenters. The van der Waals surface area contributed by atoms with Crippen LogP contribution in [0.4, 0.5) is 11.5 Å². The third-order valence-corrected chi connectivity index (χ3v) is 3.39. The predicted molar refractivity (Wildman–Crippen MR) is 68.6 cm³/mol. The molecule has 1 saturated heterocycles. The van der Waals surface area contributed by atoms with Gasteiger partial charge in [0.1, 0.15) is 0 Å². The lowest BCUT2D eigenvalue weighted by Crippen LogP contribution is -2.40. The largest absolute Gasteiger partial charge is 0.396 e. The van der Waals surface area contributed by atoms with Gasteiger partial charge in [0, 0.05) is 19.3 Å². The van der Waals surface area contributed by atoms with Crippen LogP contribution in [0, 0.1) is 12.3 Å². The van der Waals surface area contributed by atoms with E-state index in [1.807, 2.05) is 19.2 Å². The number of aryl methyl sites for hydroxylation is 1. The van der Waals surface area contributed by atoms with Gasteiger partial charge in [0.25, 0.3) is 0 Å². The number of nitrogens with zero attached hydrogens (tertiary/aromatic N) is 2. The molecule has 0 amide bonds. The van der Waals surface area contributed by atoms with Gasteiger partial charge in [-0.25, -0.2) is 4.98 Å². The summed E-state index contributed by atoms with van der Waals surface area (Å²) in [5.41, 5.74) is 8.42. The van der Waals surface area contributed by atoms with Gasteiger partial charge in [-0.2, -0.15) is 0 Å². The summed E-state index contributed by atoms with van der Waals surface area (Å²) in [4.78, 5) is 6.75. The van der Waals surface area contributed by atoms with Crippen molar-refractivity contribution in [3.8, 4) is 0 Å². The minimum Gasteiger partial charge on any atom is -0.396 e. The van der Waals surface area contributed by atoms with Crippen LogP contribution >= 0.6 is 0 Å². The Balaban J connectivity index is 2.27. The first-order chi connectivity index (χ1) is 7.49. The topological polar surface area (TPSA) is 42.2 Å². The second-order valence-corrected chi connectivity index (χ2v) is 5.55. The number of hydrogen-bond donors (Lipinski definition) is 1. The molecule has 1 aliphatic heterocycles. The van der Waals surface area contributed by atoms with Crippen LogP contribution in [0.25, 0.3) is 0 Å². The number of pyridine rings is 1. The van der Waals surface area contributed by atoms with Crippen molar-refractivity contribution in [1.29, 1.82) is 0 Å². The quantitative estimate of drug-likeness (QED) is 0.789. The highest BCUT2D eigenvalue weighted by atomic mass is 15.2. The number of nitrogens with two attached hydrogens (primary N) is 1. The van der Waals surface area contributed by atoms with Gasteiger partial charge < -0.3 is 10.6 Å². The van der Waals surface area contributed by atoms with Gasteiger partial charge in [0.15, 0.2) is 5.82 Å². The van der Waals surface area contributed by atoms with Gasteiger partial charge in [0.2, 0.25) is 0 Å². The molecular formula is C13H21N3. The van der Waals surface area contributed by atoms with Crippen LogP contribution in [-0.4, -0.2) is 18.1 Å². The molecule has 0 bridgehead atoms. The standard InChI is InChI=1S/C13H21N3/c1-10-5-7-15-12(11(10)14)16-8-4-6-13(2,3)9-16/h5,7H,4,6,8-9,14H2,1-3H3. The molecular weight excluding hydrogens is 198 g/mol. The highest BCUT2D eigenvalue weighted by molar-refractivity contribution is 5.66. The molecule has 2 N–H and O–H groups in total. The maximum absolute atomic E-state index is 6.10. The van der Waals surface area contributed by atoms with E-state index in [2.05, 4.69) is 23.7 Å². The van der Waals surface area contributed by atoms with Crippen LogP contribution in [0.2, 0.25) is 0 Å². The SMILES string of the molecule is Cc1ccnc(N2CCCC(C)(C)C2)c1N. The van der Waals surface area contributed by atoms with Crippen molar-refractivity contribution in [2.45, 2.75) is 33.6 Å². The molecule has 0 saturated carbocycles. The molecule has 0 unspecified atom stereocenters. The highest BCUT2D eigenvalue weighted by Crippen LogP contribution is 2.33. The van der Waals surface area contributed by atoms with E-state index in [-0.39, 0.29) is 0 Å². The fourth-order valence-corrected chi connectivity index (χ4v) is 2.41. The molecule has 3 heteroatoms. The monoisotopic (exact) mass is 219 g/mol. The summed E-state index contributed by atoms with van der Waals surface area (Å²) in [5, 5.41) is 0. The van der Waals surface area contributed by atoms with E-state index >= 15 is 0 Å². The maximum atomic E-state index is 6.10. The molecule has 0 radical (unpaired) electrons. The van der Waals surface area contributed by atoms with E-state index < -0.39 is 0 Å². The minimum atomic E-state index is 0.371. The van der Waals surface area contributed by atoms with E-state index in [0.717, 1.165) is 30.2 Å². The Hall–Kier alpha value is -1.25. The van der Waals surface area contributed by atoms with Gasteiger partial charge in [-0.3, -0.25) is 0 Å². The Morgan fingerprint density at radius 3 is 2.88 bits per heavy atom. The van der Waals surface area contributed by atoms with Gasteiger partial charge in [0.05, 0.1) is 5.69 Å². The zero-order valence-electron chi connectivity index (χ0n) is 10.5. The highest BCUT2D eigenvalue weighted by Gasteiger charge is 2.27. The normalized spacial score (nSPS) is 19.8. The van der Waals surface area contributed by atoms with Crippen molar-refractivity contribution in [2.75, 3.05) is 23.7 Å². The molecule has 88 valence electrons. The second kappa shape index (κ2) is 3.96. The lowest BCUT2D eigenvalue weighted by Gasteiger charge is -2.39. The lowest BCUT2D eigenvalue weighted by molar-refractivity contribution is 0.292. The minimum absolute atomic E-state index is 0.371. The summed E-state index contributed by atoms with van der Waals surface area (Å²) in [6.07, 6.45) is 4.36. The molecule has 1 fully saturated rings. The molecule has 1 aromatic rings. The van der Waals surface area contributed by atoms with Gasteiger partial charge in [-0.1, -0.05) is 13.8 Å². The lowest BCUT2D eigenvalue weighted by atomic mass is 9.84. The van der Waals surface area contributed by atoms with Crippen LogP contribution in [0.1, 0.15) is 32.3 Å². The van der Waals surface area contributed by atoms with Crippen LogP contribution in [0.15, 0.2) is 12.3 Å². The average Bonchev–Trinajstić information content (AvgIpc) is 2.20. The summed E-state index contributed by atoms with van der Waals surface area (Å²) in [5.74, 6) is 0.966. The summed E-state index contributed by atoms with van der Waals surface area (Å²) in [6.45, 7) is 8.78.